The van der Waals surface area contributed by atoms with Crippen molar-refractivity contribution in [2.45, 2.75) is 24.9 Å². The number of benzene rings is 1. The summed E-state index contributed by atoms with van der Waals surface area (Å²) in [4.78, 5) is 8.81. The maximum absolute atomic E-state index is 13.0. The highest BCUT2D eigenvalue weighted by Gasteiger charge is 2.33. The van der Waals surface area contributed by atoms with Crippen LogP contribution in [0.4, 0.5) is 13.2 Å². The molecule has 0 fully saturated rings. The summed E-state index contributed by atoms with van der Waals surface area (Å²) in [6.45, 7) is 3.24. The maximum Gasteiger partial charge on any atom is 0.416 e. The molecule has 0 saturated carbocycles. The van der Waals surface area contributed by atoms with E-state index < -0.39 is 21.6 Å². The van der Waals surface area contributed by atoms with Gasteiger partial charge in [0.25, 0.3) is 0 Å². The van der Waals surface area contributed by atoms with Crippen LogP contribution < -0.4 is 0 Å². The number of sulfone groups is 1. The number of hydrogen-bond donors (Lipinski definition) is 0. The molecule has 0 spiro atoms. The summed E-state index contributed by atoms with van der Waals surface area (Å²) in [5, 5.41) is 0.328. The molecular formula is C16H13F3N2O2S2. The van der Waals surface area contributed by atoms with Gasteiger partial charge in [-0.25, -0.2) is 18.4 Å². The lowest BCUT2D eigenvalue weighted by Gasteiger charge is -2.12. The highest BCUT2D eigenvalue weighted by molar-refractivity contribution is 7.91. The van der Waals surface area contributed by atoms with Crippen LogP contribution >= 0.6 is 11.3 Å². The van der Waals surface area contributed by atoms with Crippen molar-refractivity contribution in [1.82, 2.24) is 9.97 Å². The van der Waals surface area contributed by atoms with Gasteiger partial charge in [-0.3, -0.25) is 0 Å². The van der Waals surface area contributed by atoms with Crippen LogP contribution in [0.2, 0.25) is 0 Å². The van der Waals surface area contributed by atoms with Crippen molar-refractivity contribution in [2.75, 3.05) is 5.75 Å². The van der Waals surface area contributed by atoms with Crippen molar-refractivity contribution in [3.8, 4) is 10.6 Å². The van der Waals surface area contributed by atoms with Gasteiger partial charge in [0.2, 0.25) is 0 Å². The predicted octanol–water partition coefficient (Wildman–Crippen LogP) is 4.48. The average Bonchev–Trinajstić information content (AvgIpc) is 2.96. The van der Waals surface area contributed by atoms with Crippen LogP contribution in [0.1, 0.15) is 18.1 Å². The Balaban J connectivity index is 2.26. The van der Waals surface area contributed by atoms with Crippen molar-refractivity contribution >= 4 is 31.5 Å². The number of fused-ring (bicyclic) bond motifs is 1. The van der Waals surface area contributed by atoms with E-state index in [-0.39, 0.29) is 16.2 Å². The Kier molecular flexibility index (Phi) is 4.32. The molecule has 0 saturated heterocycles. The number of thiazole rings is 1. The fourth-order valence-corrected chi connectivity index (χ4v) is 4.44. The molecule has 0 aliphatic rings. The lowest BCUT2D eigenvalue weighted by molar-refractivity contribution is -0.137. The smallest absolute Gasteiger partial charge is 0.243 e. The van der Waals surface area contributed by atoms with Crippen LogP contribution in [0.5, 0.6) is 0 Å². The van der Waals surface area contributed by atoms with Gasteiger partial charge in [-0.05, 0) is 30.7 Å². The number of alkyl halides is 3. The number of rotatable bonds is 3. The zero-order valence-corrected chi connectivity index (χ0v) is 14.9. The van der Waals surface area contributed by atoms with Crippen LogP contribution in [0, 0.1) is 6.92 Å². The van der Waals surface area contributed by atoms with Crippen LogP contribution in [-0.4, -0.2) is 24.1 Å². The van der Waals surface area contributed by atoms with Crippen molar-refractivity contribution < 1.29 is 21.6 Å². The van der Waals surface area contributed by atoms with Crippen LogP contribution in [-0.2, 0) is 16.0 Å². The van der Waals surface area contributed by atoms with E-state index in [1.807, 2.05) is 6.92 Å². The molecule has 9 heteroatoms. The third-order valence-corrected chi connectivity index (χ3v) is 6.42. The van der Waals surface area contributed by atoms with Crippen molar-refractivity contribution in [1.29, 1.82) is 0 Å². The summed E-state index contributed by atoms with van der Waals surface area (Å²) in [5.41, 5.74) is 0.631. The maximum atomic E-state index is 13.0. The zero-order chi connectivity index (χ0) is 18.4. The van der Waals surface area contributed by atoms with E-state index in [1.165, 1.54) is 6.92 Å². The molecule has 0 radical (unpaired) electrons. The van der Waals surface area contributed by atoms with Gasteiger partial charge in [0, 0.05) is 11.8 Å². The number of pyridine rings is 1. The Labute approximate surface area is 146 Å². The zero-order valence-electron chi connectivity index (χ0n) is 13.3. The van der Waals surface area contributed by atoms with Crippen LogP contribution in [0.15, 0.2) is 35.4 Å². The molecule has 0 amide bonds. The van der Waals surface area contributed by atoms with Crippen LogP contribution in [0.25, 0.3) is 20.9 Å². The van der Waals surface area contributed by atoms with E-state index in [2.05, 4.69) is 9.97 Å². The molecular weight excluding hydrogens is 373 g/mol. The molecule has 25 heavy (non-hydrogen) atoms. The number of halogens is 3. The van der Waals surface area contributed by atoms with Crippen LogP contribution in [0.3, 0.4) is 0 Å². The molecule has 1 aromatic carbocycles. The SMILES string of the molecule is CCS(=O)(=O)c1cc(C(F)(F)F)ccc1-c1nc2cc(C)cnc2s1. The van der Waals surface area contributed by atoms with Crippen molar-refractivity contribution in [2.24, 2.45) is 0 Å². The third-order valence-electron chi connectivity index (χ3n) is 3.64. The molecule has 2 heterocycles. The molecule has 0 aliphatic carbocycles. The first-order valence-electron chi connectivity index (χ1n) is 7.29. The normalized spacial score (nSPS) is 12.7. The minimum Gasteiger partial charge on any atom is -0.243 e. The summed E-state index contributed by atoms with van der Waals surface area (Å²) in [6, 6.07) is 4.50. The number of aryl methyl sites for hydroxylation is 1. The molecule has 2 aromatic heterocycles. The second-order valence-corrected chi connectivity index (χ2v) is 8.69. The second kappa shape index (κ2) is 6.06. The Morgan fingerprint density at radius 3 is 2.56 bits per heavy atom. The molecule has 0 unspecified atom stereocenters. The molecule has 0 aliphatic heterocycles. The third kappa shape index (κ3) is 3.38. The molecule has 0 atom stereocenters. The van der Waals surface area contributed by atoms with E-state index in [0.29, 0.717) is 21.4 Å². The van der Waals surface area contributed by atoms with E-state index in [1.54, 1.807) is 12.3 Å². The van der Waals surface area contributed by atoms with Crippen molar-refractivity contribution in [3.05, 3.63) is 41.6 Å². The number of hydrogen-bond acceptors (Lipinski definition) is 5. The monoisotopic (exact) mass is 386 g/mol. The van der Waals surface area contributed by atoms with Gasteiger partial charge in [-0.15, -0.1) is 0 Å². The van der Waals surface area contributed by atoms with E-state index >= 15 is 0 Å². The first-order chi connectivity index (χ1) is 11.6. The summed E-state index contributed by atoms with van der Waals surface area (Å²) < 4.78 is 63.6. The Morgan fingerprint density at radius 1 is 1.20 bits per heavy atom. The Bertz CT molecular complexity index is 1060. The van der Waals surface area contributed by atoms with Gasteiger partial charge in [-0.2, -0.15) is 13.2 Å². The summed E-state index contributed by atoms with van der Waals surface area (Å²) in [7, 11) is -3.86. The minimum atomic E-state index is -4.62. The molecule has 3 rings (SSSR count). The summed E-state index contributed by atoms with van der Waals surface area (Å²) >= 11 is 1.15. The lowest BCUT2D eigenvalue weighted by atomic mass is 10.1. The number of aromatic nitrogens is 2. The topological polar surface area (TPSA) is 59.9 Å². The van der Waals surface area contributed by atoms with E-state index in [0.717, 1.165) is 29.0 Å². The van der Waals surface area contributed by atoms with E-state index in [9.17, 15) is 21.6 Å². The average molecular weight is 386 g/mol. The number of nitrogens with zero attached hydrogens (tertiary/aromatic N) is 2. The van der Waals surface area contributed by atoms with Crippen molar-refractivity contribution in [3.63, 3.8) is 0 Å². The fraction of sp³-hybridized carbons (Fsp3) is 0.250. The molecule has 132 valence electrons. The Morgan fingerprint density at radius 2 is 1.92 bits per heavy atom. The predicted molar refractivity (Wildman–Crippen MR) is 90.3 cm³/mol. The lowest BCUT2D eigenvalue weighted by Crippen LogP contribution is -2.10. The van der Waals surface area contributed by atoms with Gasteiger partial charge in [-0.1, -0.05) is 24.3 Å². The molecule has 0 N–H and O–H groups in total. The van der Waals surface area contributed by atoms with E-state index in [4.69, 9.17) is 0 Å². The standard InChI is InChI=1S/C16H13F3N2O2S2/c1-3-25(22,23)13-7-10(16(17,18)19)4-5-11(13)14-21-12-6-9(2)8-20-15(12)24-14/h4-8H,3H2,1-2H3. The summed E-state index contributed by atoms with van der Waals surface area (Å²) in [6.07, 6.45) is -2.97. The largest absolute Gasteiger partial charge is 0.416 e. The van der Waals surface area contributed by atoms with Gasteiger partial charge < -0.3 is 0 Å². The first kappa shape index (κ1) is 17.8. The Hall–Kier alpha value is -2.00. The highest BCUT2D eigenvalue weighted by Crippen LogP contribution is 2.38. The highest BCUT2D eigenvalue weighted by atomic mass is 32.2. The molecule has 4 nitrogen and oxygen atoms in total. The molecule has 3 aromatic rings. The first-order valence-corrected chi connectivity index (χ1v) is 9.76. The fourth-order valence-electron chi connectivity index (χ4n) is 2.33. The molecule has 0 bridgehead atoms. The quantitative estimate of drug-likeness (QED) is 0.666. The minimum absolute atomic E-state index is 0.163. The van der Waals surface area contributed by atoms with Gasteiger partial charge >= 0.3 is 6.18 Å². The van der Waals surface area contributed by atoms with Gasteiger partial charge in [0.1, 0.15) is 15.4 Å². The van der Waals surface area contributed by atoms with Gasteiger partial charge in [0.05, 0.1) is 16.2 Å². The van der Waals surface area contributed by atoms with Gasteiger partial charge in [0.15, 0.2) is 9.84 Å². The summed E-state index contributed by atoms with van der Waals surface area (Å²) in [5.74, 6) is -0.302. The second-order valence-electron chi connectivity index (χ2n) is 5.47.